The number of hydrogen-bond donors (Lipinski definition) is 1. The van der Waals surface area contributed by atoms with Gasteiger partial charge in [-0.2, -0.15) is 0 Å². The van der Waals surface area contributed by atoms with Crippen molar-refractivity contribution in [3.05, 3.63) is 46.2 Å². The summed E-state index contributed by atoms with van der Waals surface area (Å²) in [5.74, 6) is -1.28. The van der Waals surface area contributed by atoms with E-state index in [0.717, 1.165) is 0 Å². The molecule has 2 aromatic rings. The van der Waals surface area contributed by atoms with Crippen LogP contribution in [0, 0.1) is 0 Å². The highest BCUT2D eigenvalue weighted by Crippen LogP contribution is 2.17. The summed E-state index contributed by atoms with van der Waals surface area (Å²) in [7, 11) is 0. The third kappa shape index (κ3) is 5.09. The molecule has 0 bridgehead atoms. The fourth-order valence-electron chi connectivity index (χ4n) is 1.52. The maximum atomic E-state index is 11.9. The molecule has 1 aromatic heterocycles. The molecule has 0 unspecified atom stereocenters. The first-order valence-corrected chi connectivity index (χ1v) is 8.26. The zero-order chi connectivity index (χ0) is 16.8. The Hall–Kier alpha value is -1.83. The Bertz CT molecular complexity index is 726. The molecule has 0 aliphatic carbocycles. The molecule has 1 amide bonds. The fraction of sp³-hybridized carbons (Fsp3) is 0.143. The van der Waals surface area contributed by atoms with Crippen LogP contribution in [0.4, 0.5) is 5.69 Å². The maximum absolute atomic E-state index is 11.9. The molecule has 0 saturated carbocycles. The molecule has 2 rings (SSSR count). The van der Waals surface area contributed by atoms with Crippen molar-refractivity contribution >= 4 is 52.5 Å². The highest BCUT2D eigenvalue weighted by atomic mass is 35.5. The van der Waals surface area contributed by atoms with E-state index in [4.69, 9.17) is 27.9 Å². The van der Waals surface area contributed by atoms with E-state index in [1.165, 1.54) is 18.0 Å². The molecule has 0 atom stereocenters. The van der Waals surface area contributed by atoms with Crippen molar-refractivity contribution in [3.8, 4) is 0 Å². The van der Waals surface area contributed by atoms with Gasteiger partial charge in [0.05, 0.1) is 11.2 Å². The lowest BCUT2D eigenvalue weighted by atomic mass is 10.3. The molecule has 1 aromatic carbocycles. The minimum Gasteiger partial charge on any atom is -0.451 e. The number of aromatic nitrogens is 2. The quantitative estimate of drug-likeness (QED) is 0.493. The zero-order valence-corrected chi connectivity index (χ0v) is 14.2. The van der Waals surface area contributed by atoms with Crippen LogP contribution in [0.2, 0.25) is 10.0 Å². The Morgan fingerprint density at radius 3 is 2.61 bits per heavy atom. The monoisotopic (exact) mass is 371 g/mol. The van der Waals surface area contributed by atoms with Crippen LogP contribution in [0.5, 0.6) is 0 Å². The van der Waals surface area contributed by atoms with Gasteiger partial charge in [-0.1, -0.05) is 35.0 Å². The van der Waals surface area contributed by atoms with Gasteiger partial charge in [-0.05, 0) is 30.5 Å². The number of halogens is 2. The summed E-state index contributed by atoms with van der Waals surface area (Å²) in [6.45, 7) is -0.462. The first-order chi connectivity index (χ1) is 11.0. The predicted molar refractivity (Wildman–Crippen MR) is 89.2 cm³/mol. The van der Waals surface area contributed by atoms with E-state index in [1.54, 1.807) is 30.5 Å². The number of hydrogen-bond acceptors (Lipinski definition) is 6. The number of thioether (sulfide) groups is 1. The number of carbonyl (C=O) groups excluding carboxylic acids is 2. The van der Waals surface area contributed by atoms with Crippen molar-refractivity contribution in [1.82, 2.24) is 9.97 Å². The van der Waals surface area contributed by atoms with Crippen molar-refractivity contribution < 1.29 is 14.3 Å². The molecule has 9 heteroatoms. The summed E-state index contributed by atoms with van der Waals surface area (Å²) in [5.41, 5.74) is 0.463. The molecule has 0 fully saturated rings. The summed E-state index contributed by atoms with van der Waals surface area (Å²) in [6, 6.07) is 6.53. The lowest BCUT2D eigenvalue weighted by Gasteiger charge is -2.07. The largest absolute Gasteiger partial charge is 0.451 e. The minimum atomic E-state index is -0.793. The molecule has 1 heterocycles. The highest BCUT2D eigenvalue weighted by molar-refractivity contribution is 7.98. The van der Waals surface area contributed by atoms with E-state index in [9.17, 15) is 9.59 Å². The Kier molecular flexibility index (Phi) is 6.20. The van der Waals surface area contributed by atoms with Crippen molar-refractivity contribution in [2.75, 3.05) is 18.2 Å². The van der Waals surface area contributed by atoms with Crippen LogP contribution >= 0.6 is 35.0 Å². The molecule has 0 spiro atoms. The topological polar surface area (TPSA) is 81.2 Å². The number of anilines is 1. The number of nitrogens with zero attached hydrogens (tertiary/aromatic N) is 2. The summed E-state index contributed by atoms with van der Waals surface area (Å²) in [6.07, 6.45) is 3.07. The molecule has 120 valence electrons. The maximum Gasteiger partial charge on any atom is 0.359 e. The van der Waals surface area contributed by atoms with Gasteiger partial charge in [-0.3, -0.25) is 4.79 Å². The van der Waals surface area contributed by atoms with Gasteiger partial charge in [-0.25, -0.2) is 14.8 Å². The van der Waals surface area contributed by atoms with Crippen molar-refractivity contribution in [2.24, 2.45) is 0 Å². The summed E-state index contributed by atoms with van der Waals surface area (Å²) in [4.78, 5) is 31.6. The smallest absolute Gasteiger partial charge is 0.359 e. The van der Waals surface area contributed by atoms with Gasteiger partial charge in [0, 0.05) is 10.7 Å². The van der Waals surface area contributed by atoms with Crippen molar-refractivity contribution in [3.63, 3.8) is 0 Å². The van der Waals surface area contributed by atoms with Crippen LogP contribution in [0.15, 0.2) is 35.6 Å². The van der Waals surface area contributed by atoms with Crippen LogP contribution in [0.25, 0.3) is 0 Å². The number of esters is 1. The van der Waals surface area contributed by atoms with Crippen LogP contribution in [-0.2, 0) is 9.53 Å². The van der Waals surface area contributed by atoms with Crippen LogP contribution in [-0.4, -0.2) is 34.7 Å². The van der Waals surface area contributed by atoms with Gasteiger partial charge >= 0.3 is 5.97 Å². The van der Waals surface area contributed by atoms with E-state index < -0.39 is 18.5 Å². The first-order valence-electron chi connectivity index (χ1n) is 6.28. The number of rotatable bonds is 5. The Labute approximate surface area is 146 Å². The summed E-state index contributed by atoms with van der Waals surface area (Å²) < 4.78 is 4.91. The number of ether oxygens (including phenoxy) is 1. The molecule has 23 heavy (non-hydrogen) atoms. The van der Waals surface area contributed by atoms with E-state index in [2.05, 4.69) is 15.3 Å². The zero-order valence-electron chi connectivity index (χ0n) is 11.9. The van der Waals surface area contributed by atoms with Crippen LogP contribution in [0.3, 0.4) is 0 Å². The van der Waals surface area contributed by atoms with Crippen molar-refractivity contribution in [1.29, 1.82) is 0 Å². The van der Waals surface area contributed by atoms with Crippen LogP contribution < -0.4 is 5.32 Å². The second-order valence-electron chi connectivity index (χ2n) is 4.18. The number of carbonyl (C=O) groups is 2. The molecule has 0 aliphatic rings. The lowest BCUT2D eigenvalue weighted by Crippen LogP contribution is -2.21. The van der Waals surface area contributed by atoms with Gasteiger partial charge in [0.25, 0.3) is 5.91 Å². The van der Waals surface area contributed by atoms with Gasteiger partial charge in [0.2, 0.25) is 0 Å². The third-order valence-electron chi connectivity index (χ3n) is 2.56. The number of nitrogens with one attached hydrogen (secondary N) is 1. The average Bonchev–Trinajstić information content (AvgIpc) is 2.55. The highest BCUT2D eigenvalue weighted by Gasteiger charge is 2.17. The van der Waals surface area contributed by atoms with E-state index in [0.29, 0.717) is 15.9 Å². The normalized spacial score (nSPS) is 10.2. The molecule has 0 radical (unpaired) electrons. The molecular weight excluding hydrogens is 361 g/mol. The molecular formula is C14H11Cl2N3O3S. The lowest BCUT2D eigenvalue weighted by molar-refractivity contribution is -0.119. The predicted octanol–water partition coefficient (Wildman–Crippen LogP) is 3.30. The summed E-state index contributed by atoms with van der Waals surface area (Å²) >= 11 is 12.9. The minimum absolute atomic E-state index is 0.0610. The fourth-order valence-corrected chi connectivity index (χ4v) is 2.16. The Morgan fingerprint density at radius 1 is 1.26 bits per heavy atom. The first kappa shape index (κ1) is 17.5. The molecule has 1 N–H and O–H groups in total. The van der Waals surface area contributed by atoms with Gasteiger partial charge in [-0.15, -0.1) is 0 Å². The molecule has 0 aliphatic heterocycles. The average molecular weight is 372 g/mol. The Balaban J connectivity index is 1.93. The molecule has 0 saturated heterocycles. The Morgan fingerprint density at radius 2 is 1.96 bits per heavy atom. The van der Waals surface area contributed by atoms with Gasteiger partial charge < -0.3 is 10.1 Å². The number of amides is 1. The SMILES string of the molecule is CSc1ncc(Cl)c(C(=O)OCC(=O)Nc2ccc(Cl)cc2)n1. The van der Waals surface area contributed by atoms with Crippen molar-refractivity contribution in [2.45, 2.75) is 5.16 Å². The van der Waals surface area contributed by atoms with Gasteiger partial charge in [0.15, 0.2) is 17.5 Å². The van der Waals surface area contributed by atoms with E-state index in [-0.39, 0.29) is 10.7 Å². The number of benzene rings is 1. The standard InChI is InChI=1S/C14H11Cl2N3O3S/c1-23-14-17-6-10(16)12(19-14)13(21)22-7-11(20)18-9-4-2-8(15)3-5-9/h2-6H,7H2,1H3,(H,18,20). The second-order valence-corrected chi connectivity index (χ2v) is 5.80. The van der Waals surface area contributed by atoms with Gasteiger partial charge in [0.1, 0.15) is 0 Å². The molecule has 6 nitrogen and oxygen atoms in total. The third-order valence-corrected chi connectivity index (χ3v) is 3.65. The summed E-state index contributed by atoms with van der Waals surface area (Å²) in [5, 5.41) is 3.56. The second kappa shape index (κ2) is 8.14. The van der Waals surface area contributed by atoms with E-state index in [1.807, 2.05) is 0 Å². The van der Waals surface area contributed by atoms with Crippen LogP contribution in [0.1, 0.15) is 10.5 Å². The van der Waals surface area contributed by atoms with E-state index >= 15 is 0 Å².